The molecule has 24 heavy (non-hydrogen) atoms. The fourth-order valence-electron chi connectivity index (χ4n) is 2.95. The Bertz CT molecular complexity index is 792. The molecule has 0 unspecified atom stereocenters. The Hall–Kier alpha value is -2.11. The van der Waals surface area contributed by atoms with Crippen molar-refractivity contribution in [1.82, 2.24) is 15.2 Å². The number of fused-ring (bicyclic) bond motifs is 1. The number of amides is 1. The van der Waals surface area contributed by atoms with E-state index < -0.39 is 0 Å². The Balaban J connectivity index is 1.54. The first-order valence-electron chi connectivity index (χ1n) is 8.15. The molecule has 0 aliphatic heterocycles. The Labute approximate surface area is 146 Å². The lowest BCUT2D eigenvalue weighted by molar-refractivity contribution is -0.121. The summed E-state index contributed by atoms with van der Waals surface area (Å²) in [7, 11) is 4.08. The van der Waals surface area contributed by atoms with Gasteiger partial charge < -0.3 is 15.2 Å². The van der Waals surface area contributed by atoms with Crippen LogP contribution in [0.3, 0.4) is 0 Å². The predicted octanol–water partition coefficient (Wildman–Crippen LogP) is 3.58. The lowest BCUT2D eigenvalue weighted by Gasteiger charge is -2.24. The minimum atomic E-state index is 0.0994. The van der Waals surface area contributed by atoms with Crippen molar-refractivity contribution in [3.63, 3.8) is 0 Å². The number of para-hydroxylation sites is 1. The molecule has 2 N–H and O–H groups in total. The Morgan fingerprint density at radius 3 is 2.88 bits per heavy atom. The zero-order valence-electron chi connectivity index (χ0n) is 14.1. The highest BCUT2D eigenvalue weighted by Gasteiger charge is 2.15. The number of benzene rings is 1. The molecular weight excluding hydrogens is 318 g/mol. The molecule has 0 spiro atoms. The van der Waals surface area contributed by atoms with Gasteiger partial charge in [0.25, 0.3) is 0 Å². The van der Waals surface area contributed by atoms with Gasteiger partial charge in [-0.15, -0.1) is 0 Å². The fourth-order valence-corrected chi connectivity index (χ4v) is 3.66. The van der Waals surface area contributed by atoms with Crippen molar-refractivity contribution < 1.29 is 4.79 Å². The number of hydrogen-bond acceptors (Lipinski definition) is 3. The predicted molar refractivity (Wildman–Crippen MR) is 100 cm³/mol. The molecule has 5 heteroatoms. The number of carbonyl (C=O) groups excluding carboxylic acids is 1. The van der Waals surface area contributed by atoms with Gasteiger partial charge in [-0.2, -0.15) is 11.3 Å². The van der Waals surface area contributed by atoms with Crippen LogP contribution < -0.4 is 5.32 Å². The van der Waals surface area contributed by atoms with E-state index in [0.29, 0.717) is 13.0 Å². The Morgan fingerprint density at radius 2 is 2.12 bits per heavy atom. The third-order valence-corrected chi connectivity index (χ3v) is 5.04. The summed E-state index contributed by atoms with van der Waals surface area (Å²) in [5.74, 6) is 0.0994. The number of H-pyrrole nitrogens is 1. The third-order valence-electron chi connectivity index (χ3n) is 4.34. The molecule has 0 radical (unpaired) electrons. The van der Waals surface area contributed by atoms with Crippen molar-refractivity contribution >= 4 is 28.1 Å². The average Bonchev–Trinajstić information content (AvgIpc) is 3.23. The van der Waals surface area contributed by atoms with Gasteiger partial charge in [0.2, 0.25) is 5.91 Å². The monoisotopic (exact) mass is 341 g/mol. The molecule has 3 rings (SSSR count). The number of likely N-dealkylation sites (N-methyl/N-ethyl adjacent to an activating group) is 1. The molecule has 126 valence electrons. The highest BCUT2D eigenvalue weighted by Crippen LogP contribution is 2.21. The zero-order valence-corrected chi connectivity index (χ0v) is 14.9. The molecule has 0 saturated heterocycles. The lowest BCUT2D eigenvalue weighted by Crippen LogP contribution is -2.34. The summed E-state index contributed by atoms with van der Waals surface area (Å²) in [4.78, 5) is 17.6. The third kappa shape index (κ3) is 3.86. The van der Waals surface area contributed by atoms with Crippen LogP contribution in [0, 0.1) is 0 Å². The van der Waals surface area contributed by atoms with Crippen LogP contribution >= 0.6 is 11.3 Å². The van der Waals surface area contributed by atoms with Crippen LogP contribution in [0.2, 0.25) is 0 Å². The van der Waals surface area contributed by atoms with Crippen LogP contribution in [-0.2, 0) is 11.2 Å². The highest BCUT2D eigenvalue weighted by atomic mass is 32.1. The summed E-state index contributed by atoms with van der Waals surface area (Å²) in [5, 5.41) is 8.50. The molecule has 3 aromatic rings. The topological polar surface area (TPSA) is 48.1 Å². The number of aromatic amines is 1. The van der Waals surface area contributed by atoms with E-state index in [4.69, 9.17) is 0 Å². The maximum absolute atomic E-state index is 12.2. The van der Waals surface area contributed by atoms with Crippen molar-refractivity contribution in [1.29, 1.82) is 0 Å². The van der Waals surface area contributed by atoms with Crippen molar-refractivity contribution in [2.45, 2.75) is 18.9 Å². The second kappa shape index (κ2) is 7.64. The van der Waals surface area contributed by atoms with Crippen molar-refractivity contribution in [2.24, 2.45) is 0 Å². The molecule has 1 aromatic carbocycles. The number of aryl methyl sites for hydroxylation is 1. The maximum atomic E-state index is 12.2. The minimum absolute atomic E-state index is 0.0994. The van der Waals surface area contributed by atoms with Gasteiger partial charge in [-0.25, -0.2) is 0 Å². The van der Waals surface area contributed by atoms with E-state index in [9.17, 15) is 4.79 Å². The van der Waals surface area contributed by atoms with Crippen molar-refractivity contribution in [2.75, 3.05) is 20.6 Å². The number of carbonyl (C=O) groups is 1. The summed E-state index contributed by atoms with van der Waals surface area (Å²) in [6, 6.07) is 10.5. The van der Waals surface area contributed by atoms with Crippen molar-refractivity contribution in [3.05, 3.63) is 58.4 Å². The van der Waals surface area contributed by atoms with Gasteiger partial charge in [-0.1, -0.05) is 18.2 Å². The summed E-state index contributed by atoms with van der Waals surface area (Å²) >= 11 is 1.69. The van der Waals surface area contributed by atoms with Crippen LogP contribution in [-0.4, -0.2) is 36.4 Å². The van der Waals surface area contributed by atoms with Gasteiger partial charge in [0, 0.05) is 30.1 Å². The molecule has 1 amide bonds. The van der Waals surface area contributed by atoms with E-state index in [0.717, 1.165) is 11.9 Å². The standard InChI is InChI=1S/C19H23N3OS/c1-22(2)18(15-9-10-24-13-15)12-21-19(23)8-7-14-11-20-17-6-4-3-5-16(14)17/h3-6,9-11,13,18,20H,7-8,12H2,1-2H3,(H,21,23)/t18-/m0/s1. The van der Waals surface area contributed by atoms with Crippen LogP contribution in [0.4, 0.5) is 0 Å². The number of nitrogens with zero attached hydrogens (tertiary/aromatic N) is 1. The smallest absolute Gasteiger partial charge is 0.220 e. The molecule has 4 nitrogen and oxygen atoms in total. The fraction of sp³-hybridized carbons (Fsp3) is 0.316. The van der Waals surface area contributed by atoms with Crippen molar-refractivity contribution in [3.8, 4) is 0 Å². The number of nitrogens with one attached hydrogen (secondary N) is 2. The molecule has 0 bridgehead atoms. The van der Waals surface area contributed by atoms with E-state index in [2.05, 4.69) is 44.2 Å². The summed E-state index contributed by atoms with van der Waals surface area (Å²) < 4.78 is 0. The van der Waals surface area contributed by atoms with Gasteiger partial charge in [0.15, 0.2) is 0 Å². The summed E-state index contributed by atoms with van der Waals surface area (Å²) in [5.41, 5.74) is 3.57. The zero-order chi connectivity index (χ0) is 16.9. The van der Waals surface area contributed by atoms with Crippen LogP contribution in [0.25, 0.3) is 10.9 Å². The van der Waals surface area contributed by atoms with Crippen LogP contribution in [0.1, 0.15) is 23.6 Å². The van der Waals surface area contributed by atoms with E-state index in [-0.39, 0.29) is 11.9 Å². The van der Waals surface area contributed by atoms with Gasteiger partial charge in [0.05, 0.1) is 6.04 Å². The molecule has 0 aliphatic rings. The summed E-state index contributed by atoms with van der Waals surface area (Å²) in [6.45, 7) is 0.635. The molecular formula is C19H23N3OS. The summed E-state index contributed by atoms with van der Waals surface area (Å²) in [6.07, 6.45) is 3.26. The van der Waals surface area contributed by atoms with E-state index in [1.807, 2.05) is 32.4 Å². The SMILES string of the molecule is CN(C)[C@@H](CNC(=O)CCc1c[nH]c2ccccc12)c1ccsc1. The van der Waals surface area contributed by atoms with Crippen LogP contribution in [0.5, 0.6) is 0 Å². The first-order valence-corrected chi connectivity index (χ1v) is 9.09. The maximum Gasteiger partial charge on any atom is 0.220 e. The van der Waals surface area contributed by atoms with E-state index >= 15 is 0 Å². The first kappa shape index (κ1) is 16.7. The number of rotatable bonds is 7. The lowest BCUT2D eigenvalue weighted by atomic mass is 10.1. The van der Waals surface area contributed by atoms with E-state index in [1.54, 1.807) is 11.3 Å². The average molecular weight is 341 g/mol. The molecule has 0 saturated carbocycles. The second-order valence-corrected chi connectivity index (χ2v) is 6.98. The molecule has 2 aromatic heterocycles. The number of aromatic nitrogens is 1. The Morgan fingerprint density at radius 1 is 1.29 bits per heavy atom. The molecule has 0 aliphatic carbocycles. The first-order chi connectivity index (χ1) is 11.6. The van der Waals surface area contributed by atoms with Gasteiger partial charge in [0.1, 0.15) is 0 Å². The normalized spacial score (nSPS) is 12.6. The Kier molecular flexibility index (Phi) is 5.33. The second-order valence-electron chi connectivity index (χ2n) is 6.20. The highest BCUT2D eigenvalue weighted by molar-refractivity contribution is 7.07. The van der Waals surface area contributed by atoms with E-state index in [1.165, 1.54) is 16.5 Å². The largest absolute Gasteiger partial charge is 0.361 e. The number of hydrogen-bond donors (Lipinski definition) is 2. The number of thiophene rings is 1. The van der Waals surface area contributed by atoms with Crippen LogP contribution in [0.15, 0.2) is 47.3 Å². The minimum Gasteiger partial charge on any atom is -0.361 e. The van der Waals surface area contributed by atoms with Gasteiger partial charge in [-0.3, -0.25) is 4.79 Å². The van der Waals surface area contributed by atoms with Gasteiger partial charge >= 0.3 is 0 Å². The molecule has 2 heterocycles. The quantitative estimate of drug-likeness (QED) is 0.690. The molecule has 1 atom stereocenters. The molecule has 0 fully saturated rings. The van der Waals surface area contributed by atoms with Gasteiger partial charge in [-0.05, 0) is 54.5 Å².